The van der Waals surface area contributed by atoms with E-state index in [1.807, 2.05) is 30.3 Å². The van der Waals surface area contributed by atoms with E-state index < -0.39 is 0 Å². The molecule has 2 aromatic rings. The number of rotatable bonds is 3. The second-order valence-electron chi connectivity index (χ2n) is 5.67. The highest BCUT2D eigenvalue weighted by molar-refractivity contribution is 9.10. The Morgan fingerprint density at radius 2 is 2.09 bits per heavy atom. The van der Waals surface area contributed by atoms with Crippen molar-refractivity contribution in [3.63, 3.8) is 0 Å². The quantitative estimate of drug-likeness (QED) is 0.915. The van der Waals surface area contributed by atoms with Gasteiger partial charge in [-0.1, -0.05) is 30.3 Å². The largest absolute Gasteiger partial charge is 0.395 e. The van der Waals surface area contributed by atoms with Gasteiger partial charge in [0.05, 0.1) is 12.2 Å². The summed E-state index contributed by atoms with van der Waals surface area (Å²) in [5, 5.41) is 9.93. The number of carbonyl (C=O) groups excluding carboxylic acids is 1. The normalized spacial score (nSPS) is 21.1. The van der Waals surface area contributed by atoms with Gasteiger partial charge in [0.25, 0.3) is 5.91 Å². The number of hydrogen-bond donors (Lipinski definition) is 1. The van der Waals surface area contributed by atoms with Crippen LogP contribution >= 0.6 is 15.9 Å². The van der Waals surface area contributed by atoms with E-state index in [9.17, 15) is 9.90 Å². The number of pyridine rings is 1. The zero-order chi connectivity index (χ0) is 15.6. The second kappa shape index (κ2) is 6.18. The van der Waals surface area contributed by atoms with Crippen LogP contribution in [0.2, 0.25) is 0 Å². The van der Waals surface area contributed by atoms with E-state index in [0.29, 0.717) is 18.7 Å². The summed E-state index contributed by atoms with van der Waals surface area (Å²) >= 11 is 3.34. The summed E-state index contributed by atoms with van der Waals surface area (Å²) in [6, 6.07) is 11.7. The first-order chi connectivity index (χ1) is 10.6. The van der Waals surface area contributed by atoms with Crippen LogP contribution < -0.4 is 0 Å². The van der Waals surface area contributed by atoms with E-state index >= 15 is 0 Å². The van der Waals surface area contributed by atoms with Crippen molar-refractivity contribution in [1.82, 2.24) is 9.88 Å². The topological polar surface area (TPSA) is 53.4 Å². The lowest BCUT2D eigenvalue weighted by molar-refractivity contribution is 0.0773. The van der Waals surface area contributed by atoms with Gasteiger partial charge >= 0.3 is 0 Å². The maximum Gasteiger partial charge on any atom is 0.255 e. The van der Waals surface area contributed by atoms with Gasteiger partial charge in [-0.05, 0) is 34.0 Å². The number of aromatic nitrogens is 1. The zero-order valence-electron chi connectivity index (χ0n) is 12.1. The highest BCUT2D eigenvalue weighted by Crippen LogP contribution is 2.34. The van der Waals surface area contributed by atoms with Crippen LogP contribution in [0.3, 0.4) is 0 Å². The number of aliphatic hydroxyl groups is 1. The number of aliphatic hydroxyl groups excluding tert-OH is 1. The van der Waals surface area contributed by atoms with E-state index in [0.717, 1.165) is 16.5 Å². The molecule has 1 saturated heterocycles. The fourth-order valence-electron chi connectivity index (χ4n) is 3.00. The molecule has 1 aliphatic rings. The lowest BCUT2D eigenvalue weighted by Gasteiger charge is -2.27. The van der Waals surface area contributed by atoms with Gasteiger partial charge in [-0.25, -0.2) is 0 Å². The van der Waals surface area contributed by atoms with Crippen LogP contribution in [0.25, 0.3) is 0 Å². The van der Waals surface area contributed by atoms with E-state index in [2.05, 4.69) is 20.9 Å². The molecule has 1 amide bonds. The molecule has 1 N–H and O–H groups in total. The number of halogens is 1. The molecular weight excluding hydrogens is 344 g/mol. The van der Waals surface area contributed by atoms with Crippen molar-refractivity contribution >= 4 is 21.8 Å². The van der Waals surface area contributed by atoms with Gasteiger partial charge < -0.3 is 10.0 Å². The minimum atomic E-state index is -0.365. The predicted molar refractivity (Wildman–Crippen MR) is 87.7 cm³/mol. The molecule has 1 atom stereocenters. The number of likely N-dealkylation sites (tertiary alicyclic amines) is 1. The first-order valence-corrected chi connectivity index (χ1v) is 8.00. The molecule has 114 valence electrons. The molecule has 1 aromatic carbocycles. The van der Waals surface area contributed by atoms with Crippen LogP contribution in [0, 0.1) is 0 Å². The highest BCUT2D eigenvalue weighted by atomic mass is 79.9. The van der Waals surface area contributed by atoms with Crippen LogP contribution in [0.1, 0.15) is 22.3 Å². The fraction of sp³-hybridized carbons (Fsp3) is 0.294. The summed E-state index contributed by atoms with van der Waals surface area (Å²) in [4.78, 5) is 18.5. The molecule has 1 aliphatic heterocycles. The average Bonchev–Trinajstić information content (AvgIpc) is 3.01. The third kappa shape index (κ3) is 2.78. The highest BCUT2D eigenvalue weighted by Gasteiger charge is 2.41. The van der Waals surface area contributed by atoms with Crippen molar-refractivity contribution in [2.24, 2.45) is 0 Å². The number of carbonyl (C=O) groups is 1. The van der Waals surface area contributed by atoms with Crippen LogP contribution in [0.4, 0.5) is 0 Å². The van der Waals surface area contributed by atoms with Gasteiger partial charge in [-0.15, -0.1) is 0 Å². The summed E-state index contributed by atoms with van der Waals surface area (Å²) < 4.78 is 0.786. The van der Waals surface area contributed by atoms with Crippen molar-refractivity contribution in [3.8, 4) is 0 Å². The van der Waals surface area contributed by atoms with Crippen molar-refractivity contribution in [2.75, 3.05) is 19.7 Å². The minimum absolute atomic E-state index is 0.0392. The van der Waals surface area contributed by atoms with E-state index in [1.165, 1.54) is 0 Å². The standard InChI is InChI=1S/C17H17BrN2O2/c18-15-8-13(9-19-10-15)16(22)20-7-6-17(11-20,12-21)14-4-2-1-3-5-14/h1-5,8-10,21H,6-7,11-12H2. The van der Waals surface area contributed by atoms with Crippen molar-refractivity contribution in [1.29, 1.82) is 0 Å². The Hall–Kier alpha value is -1.72. The van der Waals surface area contributed by atoms with Gasteiger partial charge in [0.1, 0.15) is 0 Å². The molecule has 4 nitrogen and oxygen atoms in total. The lowest BCUT2D eigenvalue weighted by atomic mass is 9.80. The Kier molecular flexibility index (Phi) is 4.27. The minimum Gasteiger partial charge on any atom is -0.395 e. The van der Waals surface area contributed by atoms with Crippen molar-refractivity contribution in [2.45, 2.75) is 11.8 Å². The molecule has 3 rings (SSSR count). The summed E-state index contributed by atoms with van der Waals surface area (Å²) in [7, 11) is 0. The third-order valence-corrected chi connectivity index (χ3v) is 4.72. The number of hydrogen-bond acceptors (Lipinski definition) is 3. The van der Waals surface area contributed by atoms with Gasteiger partial charge in [0, 0.05) is 35.4 Å². The third-order valence-electron chi connectivity index (χ3n) is 4.28. The molecular formula is C17H17BrN2O2. The van der Waals surface area contributed by atoms with Gasteiger partial charge in [-0.3, -0.25) is 9.78 Å². The van der Waals surface area contributed by atoms with Crippen LogP contribution in [-0.2, 0) is 5.41 Å². The van der Waals surface area contributed by atoms with Crippen LogP contribution in [0.15, 0.2) is 53.3 Å². The molecule has 1 fully saturated rings. The Morgan fingerprint density at radius 3 is 2.77 bits per heavy atom. The molecule has 0 aliphatic carbocycles. The van der Waals surface area contributed by atoms with E-state index in [1.54, 1.807) is 23.4 Å². The number of benzene rings is 1. The summed E-state index contributed by atoms with van der Waals surface area (Å²) in [6.45, 7) is 1.21. The van der Waals surface area contributed by atoms with Gasteiger partial charge in [0.15, 0.2) is 0 Å². The smallest absolute Gasteiger partial charge is 0.255 e. The summed E-state index contributed by atoms with van der Waals surface area (Å²) in [6.07, 6.45) is 4.00. The Morgan fingerprint density at radius 1 is 1.32 bits per heavy atom. The lowest BCUT2D eigenvalue weighted by Crippen LogP contribution is -2.37. The monoisotopic (exact) mass is 360 g/mol. The number of amides is 1. The molecule has 1 aromatic heterocycles. The van der Waals surface area contributed by atoms with Crippen molar-refractivity contribution in [3.05, 3.63) is 64.4 Å². The Balaban J connectivity index is 1.83. The van der Waals surface area contributed by atoms with Crippen LogP contribution in [0.5, 0.6) is 0 Å². The molecule has 1 unspecified atom stereocenters. The molecule has 0 bridgehead atoms. The fourth-order valence-corrected chi connectivity index (χ4v) is 3.37. The maximum absolute atomic E-state index is 12.6. The molecule has 0 spiro atoms. The van der Waals surface area contributed by atoms with Crippen LogP contribution in [-0.4, -0.2) is 40.6 Å². The molecule has 0 radical (unpaired) electrons. The predicted octanol–water partition coefficient (Wildman–Crippen LogP) is 2.62. The SMILES string of the molecule is O=C(c1cncc(Br)c1)N1CCC(CO)(c2ccccc2)C1. The summed E-state index contributed by atoms with van der Waals surface area (Å²) in [5.41, 5.74) is 1.28. The molecule has 22 heavy (non-hydrogen) atoms. The maximum atomic E-state index is 12.6. The zero-order valence-corrected chi connectivity index (χ0v) is 13.7. The Labute approximate surface area is 137 Å². The van der Waals surface area contributed by atoms with Gasteiger partial charge in [-0.2, -0.15) is 0 Å². The first kappa shape index (κ1) is 15.2. The molecule has 0 saturated carbocycles. The molecule has 2 heterocycles. The Bertz CT molecular complexity index is 677. The first-order valence-electron chi connectivity index (χ1n) is 7.21. The van der Waals surface area contributed by atoms with E-state index in [4.69, 9.17) is 0 Å². The summed E-state index contributed by atoms with van der Waals surface area (Å²) in [5.74, 6) is -0.0416. The molecule has 5 heteroatoms. The average molecular weight is 361 g/mol. The number of nitrogens with zero attached hydrogens (tertiary/aromatic N) is 2. The van der Waals surface area contributed by atoms with E-state index in [-0.39, 0.29) is 17.9 Å². The second-order valence-corrected chi connectivity index (χ2v) is 6.59. The van der Waals surface area contributed by atoms with Crippen molar-refractivity contribution < 1.29 is 9.90 Å². The van der Waals surface area contributed by atoms with Gasteiger partial charge in [0.2, 0.25) is 0 Å².